The molecule has 0 radical (unpaired) electrons. The second-order valence-electron chi connectivity index (χ2n) is 4.16. The summed E-state index contributed by atoms with van der Waals surface area (Å²) in [5.41, 5.74) is 0.907. The highest BCUT2D eigenvalue weighted by Gasteiger charge is 2.42. The highest BCUT2D eigenvalue weighted by atomic mass is 16.3. The zero-order valence-corrected chi connectivity index (χ0v) is 8.97. The van der Waals surface area contributed by atoms with Crippen LogP contribution in [-0.4, -0.2) is 10.7 Å². The van der Waals surface area contributed by atoms with E-state index in [0.717, 1.165) is 19.3 Å². The second-order valence-corrected chi connectivity index (χ2v) is 4.16. The fourth-order valence-electron chi connectivity index (χ4n) is 1.83. The highest BCUT2D eigenvalue weighted by molar-refractivity contribution is 5.23. The van der Waals surface area contributed by atoms with Crippen LogP contribution < -0.4 is 0 Å². The topological polar surface area (TPSA) is 20.2 Å². The van der Waals surface area contributed by atoms with E-state index in [-0.39, 0.29) is 5.60 Å². The van der Waals surface area contributed by atoms with Crippen LogP contribution in [0, 0.1) is 0 Å². The van der Waals surface area contributed by atoms with Gasteiger partial charge in [-0.15, -0.1) is 0 Å². The molecular weight excluding hydrogens is 160 g/mol. The fraction of sp³-hybridized carbons (Fsp3) is 0.833. The molecule has 0 aromatic rings. The molecule has 0 unspecified atom stereocenters. The Kier molecular flexibility index (Phi) is 3.98. The predicted molar refractivity (Wildman–Crippen MR) is 56.7 cm³/mol. The van der Waals surface area contributed by atoms with Crippen molar-refractivity contribution in [2.75, 3.05) is 0 Å². The number of allylic oxidation sites excluding steroid dienone is 1. The summed E-state index contributed by atoms with van der Waals surface area (Å²) in [6.07, 6.45) is 10.4. The van der Waals surface area contributed by atoms with Gasteiger partial charge >= 0.3 is 0 Å². The van der Waals surface area contributed by atoms with Gasteiger partial charge in [-0.25, -0.2) is 0 Å². The van der Waals surface area contributed by atoms with Gasteiger partial charge in [-0.3, -0.25) is 0 Å². The van der Waals surface area contributed by atoms with Crippen molar-refractivity contribution in [2.45, 2.75) is 64.4 Å². The fourth-order valence-corrected chi connectivity index (χ4v) is 1.83. The largest absolute Gasteiger partial charge is 0.386 e. The molecule has 13 heavy (non-hydrogen) atoms. The third kappa shape index (κ3) is 3.15. The van der Waals surface area contributed by atoms with Crippen molar-refractivity contribution in [3.05, 3.63) is 11.6 Å². The standard InChI is InChI=1S/C12H22O/c1-3-5-6-7-8-11(4-2)12(13)9-10-12/h4,13H,3,5-10H2,1-2H3/b11-4-. The number of rotatable bonds is 6. The lowest BCUT2D eigenvalue weighted by Gasteiger charge is -2.12. The number of aliphatic hydroxyl groups is 1. The molecule has 0 aromatic carbocycles. The number of hydrogen-bond donors (Lipinski definition) is 1. The van der Waals surface area contributed by atoms with E-state index in [9.17, 15) is 5.11 Å². The van der Waals surface area contributed by atoms with Gasteiger partial charge in [0.05, 0.1) is 5.60 Å². The molecule has 0 bridgehead atoms. The predicted octanol–water partition coefficient (Wildman–Crippen LogP) is 3.43. The molecule has 0 heterocycles. The molecule has 0 aliphatic heterocycles. The lowest BCUT2D eigenvalue weighted by atomic mass is 10.0. The van der Waals surface area contributed by atoms with Crippen LogP contribution >= 0.6 is 0 Å². The quantitative estimate of drug-likeness (QED) is 0.493. The van der Waals surface area contributed by atoms with Gasteiger partial charge in [0.1, 0.15) is 0 Å². The van der Waals surface area contributed by atoms with Crippen LogP contribution in [-0.2, 0) is 0 Å². The molecule has 1 N–H and O–H groups in total. The van der Waals surface area contributed by atoms with Crippen molar-refractivity contribution >= 4 is 0 Å². The molecule has 1 nitrogen and oxygen atoms in total. The number of unbranched alkanes of at least 4 members (excludes halogenated alkanes) is 3. The first kappa shape index (κ1) is 10.8. The maximum atomic E-state index is 9.88. The van der Waals surface area contributed by atoms with Crippen molar-refractivity contribution in [1.29, 1.82) is 0 Å². The summed E-state index contributed by atoms with van der Waals surface area (Å²) < 4.78 is 0. The van der Waals surface area contributed by atoms with Gasteiger partial charge < -0.3 is 5.11 Å². The molecule has 1 heteroatoms. The van der Waals surface area contributed by atoms with E-state index in [2.05, 4.69) is 13.0 Å². The molecule has 76 valence electrons. The molecule has 0 aromatic heterocycles. The first-order chi connectivity index (χ1) is 6.23. The van der Waals surface area contributed by atoms with Crippen molar-refractivity contribution in [3.63, 3.8) is 0 Å². The Labute approximate surface area is 81.9 Å². The Bertz CT molecular complexity index is 178. The van der Waals surface area contributed by atoms with Gasteiger partial charge in [-0.1, -0.05) is 32.3 Å². The first-order valence-electron chi connectivity index (χ1n) is 5.61. The van der Waals surface area contributed by atoms with E-state index in [0.29, 0.717) is 0 Å². The van der Waals surface area contributed by atoms with Crippen molar-refractivity contribution in [1.82, 2.24) is 0 Å². The second kappa shape index (κ2) is 4.80. The zero-order valence-electron chi connectivity index (χ0n) is 8.97. The molecule has 1 aliphatic carbocycles. The molecule has 1 aliphatic rings. The van der Waals surface area contributed by atoms with Gasteiger partial charge in [-0.2, -0.15) is 0 Å². The SMILES string of the molecule is C/C=C(/CCCCCC)C1(O)CC1. The van der Waals surface area contributed by atoms with E-state index in [1.54, 1.807) is 0 Å². The van der Waals surface area contributed by atoms with E-state index >= 15 is 0 Å². The third-order valence-electron chi connectivity index (χ3n) is 2.97. The molecule has 0 amide bonds. The van der Waals surface area contributed by atoms with Crippen LogP contribution in [0.3, 0.4) is 0 Å². The molecule has 1 rings (SSSR count). The minimum atomic E-state index is -0.374. The van der Waals surface area contributed by atoms with E-state index in [4.69, 9.17) is 0 Å². The third-order valence-corrected chi connectivity index (χ3v) is 2.97. The molecule has 0 saturated heterocycles. The van der Waals surface area contributed by atoms with E-state index in [1.165, 1.54) is 31.3 Å². The average Bonchev–Trinajstić information content (AvgIpc) is 2.85. The van der Waals surface area contributed by atoms with Crippen LogP contribution in [0.1, 0.15) is 58.8 Å². The minimum Gasteiger partial charge on any atom is -0.386 e. The maximum absolute atomic E-state index is 9.88. The summed E-state index contributed by atoms with van der Waals surface area (Å²) in [4.78, 5) is 0. The van der Waals surface area contributed by atoms with Gasteiger partial charge in [-0.05, 0) is 38.2 Å². The Morgan fingerprint density at radius 2 is 2.00 bits per heavy atom. The van der Waals surface area contributed by atoms with Crippen molar-refractivity contribution in [2.24, 2.45) is 0 Å². The van der Waals surface area contributed by atoms with Crippen LogP contribution in [0.2, 0.25) is 0 Å². The number of hydrogen-bond acceptors (Lipinski definition) is 1. The van der Waals surface area contributed by atoms with Gasteiger partial charge in [0, 0.05) is 0 Å². The highest BCUT2D eigenvalue weighted by Crippen LogP contribution is 2.43. The van der Waals surface area contributed by atoms with Crippen LogP contribution in [0.5, 0.6) is 0 Å². The average molecular weight is 182 g/mol. The normalized spacial score (nSPS) is 20.4. The Morgan fingerprint density at radius 3 is 2.46 bits per heavy atom. The molecule has 0 spiro atoms. The zero-order chi connectivity index (χ0) is 9.73. The summed E-state index contributed by atoms with van der Waals surface area (Å²) in [5.74, 6) is 0. The van der Waals surface area contributed by atoms with E-state index in [1.807, 2.05) is 6.92 Å². The van der Waals surface area contributed by atoms with Crippen LogP contribution in [0.4, 0.5) is 0 Å². The van der Waals surface area contributed by atoms with Crippen LogP contribution in [0.15, 0.2) is 11.6 Å². The van der Waals surface area contributed by atoms with Gasteiger partial charge in [0.15, 0.2) is 0 Å². The minimum absolute atomic E-state index is 0.374. The molecule has 1 fully saturated rings. The summed E-state index contributed by atoms with van der Waals surface area (Å²) in [6.45, 7) is 4.27. The smallest absolute Gasteiger partial charge is 0.0859 e. The van der Waals surface area contributed by atoms with Crippen molar-refractivity contribution < 1.29 is 5.11 Å². The lowest BCUT2D eigenvalue weighted by molar-refractivity contribution is 0.183. The van der Waals surface area contributed by atoms with Crippen LogP contribution in [0.25, 0.3) is 0 Å². The molecular formula is C12H22O. The summed E-state index contributed by atoms with van der Waals surface area (Å²) in [5, 5.41) is 9.88. The Morgan fingerprint density at radius 1 is 1.31 bits per heavy atom. The molecule has 1 saturated carbocycles. The lowest BCUT2D eigenvalue weighted by Crippen LogP contribution is -2.10. The first-order valence-corrected chi connectivity index (χ1v) is 5.61. The van der Waals surface area contributed by atoms with Gasteiger partial charge in [0.25, 0.3) is 0 Å². The monoisotopic (exact) mass is 182 g/mol. The maximum Gasteiger partial charge on any atom is 0.0859 e. The Balaban J connectivity index is 2.18. The summed E-state index contributed by atoms with van der Waals surface area (Å²) >= 11 is 0. The Hall–Kier alpha value is -0.300. The summed E-state index contributed by atoms with van der Waals surface area (Å²) in [7, 11) is 0. The molecule has 0 atom stereocenters. The van der Waals surface area contributed by atoms with Crippen molar-refractivity contribution in [3.8, 4) is 0 Å². The van der Waals surface area contributed by atoms with E-state index < -0.39 is 0 Å². The summed E-state index contributed by atoms with van der Waals surface area (Å²) in [6, 6.07) is 0. The van der Waals surface area contributed by atoms with Gasteiger partial charge in [0.2, 0.25) is 0 Å².